The van der Waals surface area contributed by atoms with Crippen LogP contribution in [0, 0.1) is 0 Å². The van der Waals surface area contributed by atoms with Crippen molar-refractivity contribution >= 4 is 16.5 Å². The summed E-state index contributed by atoms with van der Waals surface area (Å²) in [4.78, 5) is 20.5. The molecule has 2 aromatic carbocycles. The fraction of sp³-hybridized carbons (Fsp3) is 0.400. The van der Waals surface area contributed by atoms with Gasteiger partial charge in [0.15, 0.2) is 11.5 Å². The fourth-order valence-electron chi connectivity index (χ4n) is 2.20. The van der Waals surface area contributed by atoms with E-state index in [-0.39, 0.29) is 69.9 Å². The average molecular weight is 470 g/mol. The molecule has 0 amide bonds. The first-order valence-electron chi connectivity index (χ1n) is 8.65. The quantitative estimate of drug-likeness (QED) is 0.410. The number of hydrogen-bond acceptors (Lipinski definition) is 6. The first-order chi connectivity index (χ1) is 12.8. The van der Waals surface area contributed by atoms with Gasteiger partial charge in [-0.3, -0.25) is 9.05 Å². The van der Waals surface area contributed by atoms with E-state index in [0.29, 0.717) is 11.5 Å². The van der Waals surface area contributed by atoms with E-state index in [4.69, 9.17) is 0 Å². The molecule has 10 heteroatoms. The molecule has 6 nitrogen and oxygen atoms in total. The maximum atomic E-state index is 10.3. The molecule has 0 aliphatic heterocycles. The zero-order valence-electron chi connectivity index (χ0n) is 19.0. The van der Waals surface area contributed by atoms with Crippen LogP contribution in [0.1, 0.15) is 52.7 Å². The van der Waals surface area contributed by atoms with E-state index in [0.717, 1.165) is 11.1 Å². The summed E-state index contributed by atoms with van der Waals surface area (Å²) >= 11 is 0. The Bertz CT molecular complexity index is 729. The van der Waals surface area contributed by atoms with Crippen molar-refractivity contribution in [1.29, 1.82) is 0 Å². The van der Waals surface area contributed by atoms with E-state index in [1.54, 1.807) is 24.3 Å². The maximum Gasteiger partial charge on any atom is 1.00 e. The van der Waals surface area contributed by atoms with Crippen LogP contribution >= 0.6 is 16.5 Å². The van der Waals surface area contributed by atoms with Crippen LogP contribution in [0.15, 0.2) is 48.5 Å². The molecule has 2 atom stereocenters. The summed E-state index contributed by atoms with van der Waals surface area (Å²) in [6.07, 6.45) is 0. The zero-order chi connectivity index (χ0) is 21.5. The Hall–Kier alpha value is 0.160. The van der Waals surface area contributed by atoms with Gasteiger partial charge in [-0.1, -0.05) is 65.8 Å². The van der Waals surface area contributed by atoms with Gasteiger partial charge < -0.3 is 9.79 Å². The Kier molecular flexibility index (Phi) is 15.5. The summed E-state index contributed by atoms with van der Waals surface area (Å²) in [6, 6.07) is 14.1. The van der Waals surface area contributed by atoms with Gasteiger partial charge >= 0.3 is 75.6 Å². The van der Waals surface area contributed by atoms with Gasteiger partial charge in [-0.15, -0.1) is 0 Å². The van der Waals surface area contributed by atoms with Crippen molar-refractivity contribution in [3.05, 3.63) is 59.7 Å². The number of benzene rings is 2. The van der Waals surface area contributed by atoms with Crippen LogP contribution in [0.4, 0.5) is 0 Å². The SMILES string of the molecule is CC(C)(C)c1ccc(O[P+](=O)[O-])cc1.CC(C)(C)c1ccc(O[P+](=O)[O-])cc1.[Na+].[Na+]. The smallest absolute Gasteiger partial charge is 0.558 e. The third-order valence-electron chi connectivity index (χ3n) is 3.80. The van der Waals surface area contributed by atoms with Crippen molar-refractivity contribution in [3.63, 3.8) is 0 Å². The minimum absolute atomic E-state index is 0. The molecular formula is C20H26Na2O6P2+2. The van der Waals surface area contributed by atoms with Crippen LogP contribution in [0.2, 0.25) is 0 Å². The number of rotatable bonds is 4. The van der Waals surface area contributed by atoms with E-state index >= 15 is 0 Å². The van der Waals surface area contributed by atoms with Crippen molar-refractivity contribution in [3.8, 4) is 11.5 Å². The first-order valence-corrected chi connectivity index (χ1v) is 10.8. The van der Waals surface area contributed by atoms with E-state index < -0.39 is 16.5 Å². The Balaban J connectivity index is 0. The van der Waals surface area contributed by atoms with E-state index in [1.165, 1.54) is 0 Å². The second-order valence-electron chi connectivity index (χ2n) is 8.18. The molecule has 0 saturated carbocycles. The van der Waals surface area contributed by atoms with Crippen LogP contribution < -0.4 is 77.9 Å². The van der Waals surface area contributed by atoms with E-state index in [2.05, 4.69) is 50.6 Å². The zero-order valence-corrected chi connectivity index (χ0v) is 24.8. The molecule has 0 spiro atoms. The van der Waals surface area contributed by atoms with Crippen molar-refractivity contribution in [2.24, 2.45) is 0 Å². The number of hydrogen-bond donors (Lipinski definition) is 0. The normalized spacial score (nSPS) is 11.6. The molecule has 0 radical (unpaired) electrons. The van der Waals surface area contributed by atoms with Gasteiger partial charge in [0.2, 0.25) is 0 Å². The van der Waals surface area contributed by atoms with Gasteiger partial charge in [-0.05, 0) is 55.4 Å². The molecule has 2 unspecified atom stereocenters. The van der Waals surface area contributed by atoms with Crippen molar-refractivity contribution in [1.82, 2.24) is 0 Å². The molecule has 2 rings (SSSR count). The summed E-state index contributed by atoms with van der Waals surface area (Å²) in [5.41, 5.74) is 2.42. The molecule has 0 fully saturated rings. The molecule has 0 bridgehead atoms. The predicted octanol–water partition coefficient (Wildman–Crippen LogP) is -1.23. The van der Waals surface area contributed by atoms with Gasteiger partial charge in [0.05, 0.1) is 0 Å². The molecule has 0 saturated heterocycles. The summed E-state index contributed by atoms with van der Waals surface area (Å²) in [5, 5.41) is 0. The molecule has 0 aliphatic carbocycles. The van der Waals surface area contributed by atoms with Gasteiger partial charge in [0.1, 0.15) is 0 Å². The molecule has 0 aliphatic rings. The van der Waals surface area contributed by atoms with Crippen molar-refractivity contribution < 1.29 is 87.1 Å². The van der Waals surface area contributed by atoms with Gasteiger partial charge in [-0.25, -0.2) is 0 Å². The second kappa shape index (κ2) is 14.3. The van der Waals surface area contributed by atoms with Crippen LogP contribution in [0.5, 0.6) is 11.5 Å². The monoisotopic (exact) mass is 470 g/mol. The van der Waals surface area contributed by atoms with E-state index in [1.807, 2.05) is 24.3 Å². The summed E-state index contributed by atoms with van der Waals surface area (Å²) < 4.78 is 29.6. The summed E-state index contributed by atoms with van der Waals surface area (Å²) in [7, 11) is -5.63. The third kappa shape index (κ3) is 12.9. The van der Waals surface area contributed by atoms with Crippen LogP contribution in [0.3, 0.4) is 0 Å². The summed E-state index contributed by atoms with van der Waals surface area (Å²) in [6.45, 7) is 12.6. The molecule has 0 N–H and O–H groups in total. The minimum Gasteiger partial charge on any atom is -0.558 e. The Morgan fingerprint density at radius 2 is 0.833 bits per heavy atom. The van der Waals surface area contributed by atoms with Gasteiger partial charge in [0.25, 0.3) is 0 Å². The standard InChI is InChI=1S/2C10H13O3P.2Na/c2*1-10(2,3)8-4-6-9(7-5-8)13-14(11)12;;/h2*4-7H,1-3H3;;/q;;2*+1. The molecule has 30 heavy (non-hydrogen) atoms. The van der Waals surface area contributed by atoms with Crippen molar-refractivity contribution in [2.45, 2.75) is 52.4 Å². The summed E-state index contributed by atoms with van der Waals surface area (Å²) in [5.74, 6) is 0.711. The third-order valence-corrected chi connectivity index (χ3v) is 4.52. The topological polar surface area (TPSA) is 98.7 Å². The largest absolute Gasteiger partial charge is 1.00 e. The minimum atomic E-state index is -2.81. The first kappa shape index (κ1) is 32.3. The molecule has 152 valence electrons. The van der Waals surface area contributed by atoms with Gasteiger partial charge in [0, 0.05) is 0 Å². The molecule has 0 heterocycles. The Morgan fingerprint density at radius 3 is 1.00 bits per heavy atom. The van der Waals surface area contributed by atoms with Crippen LogP contribution in [-0.4, -0.2) is 0 Å². The van der Waals surface area contributed by atoms with E-state index in [9.17, 15) is 18.9 Å². The fourth-order valence-corrected chi connectivity index (χ4v) is 2.79. The Morgan fingerprint density at radius 1 is 0.600 bits per heavy atom. The molecular weight excluding hydrogens is 444 g/mol. The second-order valence-corrected chi connectivity index (χ2v) is 9.44. The average Bonchev–Trinajstić information content (AvgIpc) is 2.53. The molecule has 2 aromatic rings. The van der Waals surface area contributed by atoms with Crippen molar-refractivity contribution in [2.75, 3.05) is 0 Å². The van der Waals surface area contributed by atoms with Gasteiger partial charge in [-0.2, -0.15) is 0 Å². The van der Waals surface area contributed by atoms with Crippen LogP contribution in [0.25, 0.3) is 0 Å². The van der Waals surface area contributed by atoms with Crippen LogP contribution in [-0.2, 0) is 20.0 Å². The molecule has 0 aromatic heterocycles. The Labute approximate surface area is 225 Å². The predicted molar refractivity (Wildman–Crippen MR) is 107 cm³/mol. The maximum absolute atomic E-state index is 10.3.